The number of halogens is 1. The van der Waals surface area contributed by atoms with E-state index < -0.39 is 10.0 Å². The molecule has 6 nitrogen and oxygen atoms in total. The van der Waals surface area contributed by atoms with Crippen LogP contribution in [0, 0.1) is 0 Å². The van der Waals surface area contributed by atoms with Crippen LogP contribution in [0.3, 0.4) is 0 Å². The smallest absolute Gasteiger partial charge is 0.254 e. The number of ether oxygens (including phenoxy) is 1. The van der Waals surface area contributed by atoms with Crippen LogP contribution in [0.1, 0.15) is 10.4 Å². The molecule has 0 unspecified atom stereocenters. The highest BCUT2D eigenvalue weighted by molar-refractivity contribution is 7.89. The summed E-state index contributed by atoms with van der Waals surface area (Å²) in [5.74, 6) is 0.479. The molecule has 8 heteroatoms. The highest BCUT2D eigenvalue weighted by Crippen LogP contribution is 2.21. The van der Waals surface area contributed by atoms with Crippen LogP contribution in [0.25, 0.3) is 0 Å². The molecule has 0 atom stereocenters. The van der Waals surface area contributed by atoms with Gasteiger partial charge in [-0.2, -0.15) is 4.31 Å². The van der Waals surface area contributed by atoms with Crippen molar-refractivity contribution in [3.8, 4) is 5.75 Å². The molecule has 3 rings (SSSR count). The number of hydrogen-bond donors (Lipinski definition) is 0. The second-order valence-corrected chi connectivity index (χ2v) is 8.26. The minimum Gasteiger partial charge on any atom is -0.497 e. The van der Waals surface area contributed by atoms with Gasteiger partial charge in [-0.05, 0) is 42.5 Å². The van der Waals surface area contributed by atoms with Gasteiger partial charge in [0.1, 0.15) is 5.75 Å². The number of piperazine rings is 1. The lowest BCUT2D eigenvalue weighted by molar-refractivity contribution is 0.0697. The van der Waals surface area contributed by atoms with Crippen molar-refractivity contribution >= 4 is 27.5 Å². The van der Waals surface area contributed by atoms with E-state index in [1.54, 1.807) is 48.4 Å². The Bertz CT molecular complexity index is 892. The van der Waals surface area contributed by atoms with Gasteiger partial charge < -0.3 is 9.64 Å². The summed E-state index contributed by atoms with van der Waals surface area (Å²) in [5, 5.41) is 0.484. The molecule has 0 N–H and O–H groups in total. The maximum absolute atomic E-state index is 12.7. The van der Waals surface area contributed by atoms with Gasteiger partial charge in [0, 0.05) is 36.8 Å². The standard InChI is InChI=1S/C18H19ClN2O4S/c1-25-16-4-2-3-14(13-16)18(22)20-9-11-21(12-10-20)26(23,24)17-7-5-15(19)6-8-17/h2-8,13H,9-12H2,1H3. The predicted octanol–water partition coefficient (Wildman–Crippen LogP) is 2.50. The molecule has 1 aliphatic heterocycles. The van der Waals surface area contributed by atoms with Gasteiger partial charge in [0.2, 0.25) is 10.0 Å². The van der Waals surface area contributed by atoms with Crippen LogP contribution in [-0.2, 0) is 10.0 Å². The van der Waals surface area contributed by atoms with Crippen molar-refractivity contribution in [1.29, 1.82) is 0 Å². The van der Waals surface area contributed by atoms with Gasteiger partial charge >= 0.3 is 0 Å². The minimum absolute atomic E-state index is 0.132. The molecule has 26 heavy (non-hydrogen) atoms. The van der Waals surface area contributed by atoms with E-state index in [1.165, 1.54) is 16.4 Å². The average molecular weight is 395 g/mol. The van der Waals surface area contributed by atoms with E-state index in [9.17, 15) is 13.2 Å². The van der Waals surface area contributed by atoms with Crippen LogP contribution in [-0.4, -0.2) is 56.8 Å². The molecule has 2 aromatic rings. The highest BCUT2D eigenvalue weighted by Gasteiger charge is 2.30. The van der Waals surface area contributed by atoms with Gasteiger partial charge in [-0.1, -0.05) is 17.7 Å². The van der Waals surface area contributed by atoms with Gasteiger partial charge in [-0.25, -0.2) is 8.42 Å². The van der Waals surface area contributed by atoms with E-state index in [1.807, 2.05) is 0 Å². The van der Waals surface area contributed by atoms with Gasteiger partial charge in [-0.15, -0.1) is 0 Å². The summed E-state index contributed by atoms with van der Waals surface area (Å²) in [4.78, 5) is 14.5. The summed E-state index contributed by atoms with van der Waals surface area (Å²) in [6.07, 6.45) is 0. The first-order chi connectivity index (χ1) is 12.4. The van der Waals surface area contributed by atoms with E-state index in [0.717, 1.165) is 0 Å². The quantitative estimate of drug-likeness (QED) is 0.799. The van der Waals surface area contributed by atoms with E-state index in [0.29, 0.717) is 29.4 Å². The lowest BCUT2D eigenvalue weighted by Gasteiger charge is -2.34. The Labute approximate surface area is 158 Å². The molecule has 0 saturated carbocycles. The molecule has 138 valence electrons. The number of benzene rings is 2. The summed E-state index contributed by atoms with van der Waals surface area (Å²) >= 11 is 5.82. The van der Waals surface area contributed by atoms with Gasteiger partial charge in [-0.3, -0.25) is 4.79 Å². The zero-order valence-electron chi connectivity index (χ0n) is 14.3. The van der Waals surface area contributed by atoms with Crippen LogP contribution in [0.4, 0.5) is 0 Å². The Morgan fingerprint density at radius 2 is 1.69 bits per heavy atom. The Kier molecular flexibility index (Phi) is 5.50. The third-order valence-corrected chi connectivity index (χ3v) is 6.46. The SMILES string of the molecule is COc1cccc(C(=O)N2CCN(S(=O)(=O)c3ccc(Cl)cc3)CC2)c1. The first kappa shape index (κ1) is 18.7. The molecule has 1 aliphatic rings. The molecule has 0 aromatic heterocycles. The van der Waals surface area contributed by atoms with Crippen molar-refractivity contribution in [2.75, 3.05) is 33.3 Å². The van der Waals surface area contributed by atoms with Crippen molar-refractivity contribution in [1.82, 2.24) is 9.21 Å². The zero-order chi connectivity index (χ0) is 18.7. The summed E-state index contributed by atoms with van der Waals surface area (Å²) in [7, 11) is -2.04. The number of sulfonamides is 1. The molecule has 0 spiro atoms. The van der Waals surface area contributed by atoms with E-state index in [2.05, 4.69) is 0 Å². The fraction of sp³-hybridized carbons (Fsp3) is 0.278. The highest BCUT2D eigenvalue weighted by atomic mass is 35.5. The normalized spacial score (nSPS) is 15.7. The van der Waals surface area contributed by atoms with Crippen molar-refractivity contribution < 1.29 is 17.9 Å². The molecule has 0 bridgehead atoms. The number of carbonyl (C=O) groups is 1. The number of carbonyl (C=O) groups excluding carboxylic acids is 1. The molecular weight excluding hydrogens is 376 g/mol. The molecular formula is C18H19ClN2O4S. The van der Waals surface area contributed by atoms with E-state index >= 15 is 0 Å². The third kappa shape index (κ3) is 3.85. The van der Waals surface area contributed by atoms with Crippen LogP contribution in [0.2, 0.25) is 5.02 Å². The van der Waals surface area contributed by atoms with E-state index in [-0.39, 0.29) is 23.9 Å². The second kappa shape index (κ2) is 7.65. The monoisotopic (exact) mass is 394 g/mol. The van der Waals surface area contributed by atoms with Crippen molar-refractivity contribution in [3.05, 3.63) is 59.1 Å². The number of methoxy groups -OCH3 is 1. The van der Waals surface area contributed by atoms with Crippen molar-refractivity contribution in [2.45, 2.75) is 4.90 Å². The Hall–Kier alpha value is -2.09. The Morgan fingerprint density at radius 1 is 1.04 bits per heavy atom. The molecule has 1 amide bonds. The maximum Gasteiger partial charge on any atom is 0.254 e. The number of nitrogens with zero attached hydrogens (tertiary/aromatic N) is 2. The van der Waals surface area contributed by atoms with Gasteiger partial charge in [0.25, 0.3) is 5.91 Å². The van der Waals surface area contributed by atoms with Crippen molar-refractivity contribution in [2.24, 2.45) is 0 Å². The third-order valence-electron chi connectivity index (χ3n) is 4.29. The lowest BCUT2D eigenvalue weighted by atomic mass is 10.1. The molecule has 0 radical (unpaired) electrons. The Morgan fingerprint density at radius 3 is 2.31 bits per heavy atom. The average Bonchev–Trinajstić information content (AvgIpc) is 2.68. The van der Waals surface area contributed by atoms with Crippen LogP contribution < -0.4 is 4.74 Å². The first-order valence-electron chi connectivity index (χ1n) is 8.11. The number of amides is 1. The largest absolute Gasteiger partial charge is 0.497 e. The summed E-state index contributed by atoms with van der Waals surface area (Å²) in [6, 6.07) is 13.0. The molecule has 0 aliphatic carbocycles. The fourth-order valence-corrected chi connectivity index (χ4v) is 4.37. The molecule has 2 aromatic carbocycles. The summed E-state index contributed by atoms with van der Waals surface area (Å²) < 4.78 is 31.9. The van der Waals surface area contributed by atoms with Crippen LogP contribution in [0.15, 0.2) is 53.4 Å². The minimum atomic E-state index is -3.59. The van der Waals surface area contributed by atoms with Crippen LogP contribution >= 0.6 is 11.6 Å². The van der Waals surface area contributed by atoms with Crippen LogP contribution in [0.5, 0.6) is 5.75 Å². The summed E-state index contributed by atoms with van der Waals surface area (Å²) in [6.45, 7) is 1.17. The summed E-state index contributed by atoms with van der Waals surface area (Å²) in [5.41, 5.74) is 0.526. The molecule has 1 heterocycles. The molecule has 1 saturated heterocycles. The van der Waals surface area contributed by atoms with Gasteiger partial charge in [0.05, 0.1) is 12.0 Å². The maximum atomic E-state index is 12.7. The van der Waals surface area contributed by atoms with E-state index in [4.69, 9.17) is 16.3 Å². The lowest BCUT2D eigenvalue weighted by Crippen LogP contribution is -2.50. The second-order valence-electron chi connectivity index (χ2n) is 5.88. The Balaban J connectivity index is 1.68. The number of rotatable bonds is 4. The fourth-order valence-electron chi connectivity index (χ4n) is 2.83. The van der Waals surface area contributed by atoms with Gasteiger partial charge in [0.15, 0.2) is 0 Å². The first-order valence-corrected chi connectivity index (χ1v) is 9.92. The molecule has 1 fully saturated rings. The number of hydrogen-bond acceptors (Lipinski definition) is 4. The van der Waals surface area contributed by atoms with Crippen molar-refractivity contribution in [3.63, 3.8) is 0 Å². The predicted molar refractivity (Wildman–Crippen MR) is 99.1 cm³/mol. The zero-order valence-corrected chi connectivity index (χ0v) is 15.8. The topological polar surface area (TPSA) is 66.9 Å².